The zero-order valence-corrected chi connectivity index (χ0v) is 12.6. The number of aryl methyl sites for hydroxylation is 1. The number of benzene rings is 1. The molecule has 0 unspecified atom stereocenters. The highest BCUT2D eigenvalue weighted by Gasteiger charge is 2.23. The van der Waals surface area contributed by atoms with E-state index in [0.29, 0.717) is 11.8 Å². The van der Waals surface area contributed by atoms with Crippen molar-refractivity contribution in [1.29, 1.82) is 0 Å². The van der Waals surface area contributed by atoms with Gasteiger partial charge in [-0.25, -0.2) is 4.98 Å². The molecule has 0 saturated carbocycles. The second-order valence-corrected chi connectivity index (χ2v) is 5.52. The van der Waals surface area contributed by atoms with E-state index >= 15 is 0 Å². The van der Waals surface area contributed by atoms with Crippen LogP contribution in [0.1, 0.15) is 29.9 Å². The summed E-state index contributed by atoms with van der Waals surface area (Å²) < 4.78 is 5.17. The molecule has 110 valence electrons. The maximum absolute atomic E-state index is 5.17. The molecule has 3 rings (SSSR count). The minimum atomic E-state index is 0.626. The lowest BCUT2D eigenvalue weighted by molar-refractivity contribution is 0.395. The highest BCUT2D eigenvalue weighted by atomic mass is 16.5. The summed E-state index contributed by atoms with van der Waals surface area (Å²) in [5.74, 6) is 2.05. The lowest BCUT2D eigenvalue weighted by Gasteiger charge is -2.32. The highest BCUT2D eigenvalue weighted by Crippen LogP contribution is 2.31. The second-order valence-electron chi connectivity index (χ2n) is 5.52. The van der Waals surface area contributed by atoms with Crippen molar-refractivity contribution in [2.24, 2.45) is 0 Å². The van der Waals surface area contributed by atoms with E-state index in [1.165, 1.54) is 11.1 Å². The van der Waals surface area contributed by atoms with Gasteiger partial charge in [0, 0.05) is 25.4 Å². The summed E-state index contributed by atoms with van der Waals surface area (Å²) in [6, 6.07) is 10.5. The summed E-state index contributed by atoms with van der Waals surface area (Å²) in [5.41, 5.74) is 2.89. The van der Waals surface area contributed by atoms with Crippen LogP contribution in [-0.4, -0.2) is 30.2 Å². The molecule has 21 heavy (non-hydrogen) atoms. The zero-order valence-electron chi connectivity index (χ0n) is 12.6. The number of anilines is 1. The monoisotopic (exact) mass is 283 g/mol. The average Bonchev–Trinajstić information content (AvgIpc) is 2.56. The minimum absolute atomic E-state index is 0.626. The fourth-order valence-corrected chi connectivity index (χ4v) is 3.03. The summed E-state index contributed by atoms with van der Waals surface area (Å²) in [6.07, 6.45) is 4.05. The van der Waals surface area contributed by atoms with E-state index in [0.717, 1.165) is 31.9 Å². The van der Waals surface area contributed by atoms with Crippen molar-refractivity contribution in [2.75, 3.05) is 25.1 Å². The molecule has 1 fully saturated rings. The quantitative estimate of drug-likeness (QED) is 0.867. The lowest BCUT2D eigenvalue weighted by Crippen LogP contribution is -2.34. The Kier molecular flexibility index (Phi) is 4.04. The standard InChI is InChI=1S/C17H21N3O/c1-13-5-3-4-6-15(13)14-8-11-20(12-9-14)17-18-10-7-16(19-17)21-2/h3-7,10,14H,8-9,11-12H2,1-2H3. The maximum atomic E-state index is 5.17. The molecule has 1 aliphatic heterocycles. The predicted octanol–water partition coefficient (Wildman–Crippen LogP) is 3.18. The molecule has 0 atom stereocenters. The number of aromatic nitrogens is 2. The van der Waals surface area contributed by atoms with Gasteiger partial charge in [-0.15, -0.1) is 0 Å². The Morgan fingerprint density at radius 2 is 1.90 bits per heavy atom. The van der Waals surface area contributed by atoms with Gasteiger partial charge < -0.3 is 9.64 Å². The van der Waals surface area contributed by atoms with E-state index in [9.17, 15) is 0 Å². The molecule has 1 saturated heterocycles. The Balaban J connectivity index is 1.69. The summed E-state index contributed by atoms with van der Waals surface area (Å²) >= 11 is 0. The van der Waals surface area contributed by atoms with Gasteiger partial charge in [0.05, 0.1) is 7.11 Å². The van der Waals surface area contributed by atoms with Crippen molar-refractivity contribution in [3.05, 3.63) is 47.7 Å². The van der Waals surface area contributed by atoms with E-state index in [4.69, 9.17) is 4.74 Å². The van der Waals surface area contributed by atoms with Gasteiger partial charge in [0.15, 0.2) is 0 Å². The van der Waals surface area contributed by atoms with Crippen LogP contribution in [0.3, 0.4) is 0 Å². The lowest BCUT2D eigenvalue weighted by atomic mass is 9.87. The van der Waals surface area contributed by atoms with Gasteiger partial charge in [-0.3, -0.25) is 0 Å². The Bertz CT molecular complexity index is 606. The number of hydrogen-bond donors (Lipinski definition) is 0. The molecular formula is C17H21N3O. The molecule has 0 N–H and O–H groups in total. The predicted molar refractivity (Wildman–Crippen MR) is 84.0 cm³/mol. The van der Waals surface area contributed by atoms with Crippen molar-refractivity contribution in [3.63, 3.8) is 0 Å². The number of piperidine rings is 1. The van der Waals surface area contributed by atoms with Crippen LogP contribution in [0.4, 0.5) is 5.95 Å². The second kappa shape index (κ2) is 6.12. The molecule has 1 aromatic carbocycles. The zero-order chi connectivity index (χ0) is 14.7. The molecule has 4 heteroatoms. The van der Waals surface area contributed by atoms with Gasteiger partial charge in [-0.05, 0) is 36.8 Å². The number of nitrogens with zero attached hydrogens (tertiary/aromatic N) is 3. The third-order valence-electron chi connectivity index (χ3n) is 4.23. The van der Waals surface area contributed by atoms with Crippen LogP contribution in [0.15, 0.2) is 36.5 Å². The van der Waals surface area contributed by atoms with Crippen molar-refractivity contribution < 1.29 is 4.74 Å². The number of ether oxygens (including phenoxy) is 1. The van der Waals surface area contributed by atoms with Crippen LogP contribution in [0.2, 0.25) is 0 Å². The van der Waals surface area contributed by atoms with E-state index in [1.807, 2.05) is 0 Å². The molecule has 0 radical (unpaired) electrons. The number of methoxy groups -OCH3 is 1. The number of rotatable bonds is 3. The molecule has 2 aromatic rings. The molecule has 0 amide bonds. The fourth-order valence-electron chi connectivity index (χ4n) is 3.03. The van der Waals surface area contributed by atoms with E-state index < -0.39 is 0 Å². The van der Waals surface area contributed by atoms with Crippen molar-refractivity contribution >= 4 is 5.95 Å². The van der Waals surface area contributed by atoms with Gasteiger partial charge in [0.1, 0.15) is 0 Å². The molecule has 0 bridgehead atoms. The van der Waals surface area contributed by atoms with Gasteiger partial charge in [-0.1, -0.05) is 24.3 Å². The Hall–Kier alpha value is -2.10. The Morgan fingerprint density at radius 1 is 1.14 bits per heavy atom. The first-order valence-electron chi connectivity index (χ1n) is 7.45. The van der Waals surface area contributed by atoms with Crippen molar-refractivity contribution in [3.8, 4) is 5.88 Å². The normalized spacial score (nSPS) is 16.0. The largest absolute Gasteiger partial charge is 0.481 e. The van der Waals surface area contributed by atoms with Gasteiger partial charge >= 0.3 is 0 Å². The van der Waals surface area contributed by atoms with Crippen molar-refractivity contribution in [1.82, 2.24) is 9.97 Å². The third-order valence-corrected chi connectivity index (χ3v) is 4.23. The summed E-state index contributed by atoms with van der Waals surface area (Å²) in [7, 11) is 1.64. The molecule has 4 nitrogen and oxygen atoms in total. The van der Waals surface area contributed by atoms with Crippen LogP contribution in [0.5, 0.6) is 5.88 Å². The average molecular weight is 283 g/mol. The van der Waals surface area contributed by atoms with Crippen LogP contribution in [0, 0.1) is 6.92 Å². The topological polar surface area (TPSA) is 38.2 Å². The Morgan fingerprint density at radius 3 is 2.62 bits per heavy atom. The first-order chi connectivity index (χ1) is 10.3. The SMILES string of the molecule is COc1ccnc(N2CCC(c3ccccc3C)CC2)n1. The van der Waals surface area contributed by atoms with Crippen molar-refractivity contribution in [2.45, 2.75) is 25.7 Å². The summed E-state index contributed by atoms with van der Waals surface area (Å²) in [6.45, 7) is 4.19. The van der Waals surface area contributed by atoms with Gasteiger partial charge in [0.2, 0.25) is 11.8 Å². The van der Waals surface area contributed by atoms with Crippen LogP contribution < -0.4 is 9.64 Å². The fraction of sp³-hybridized carbons (Fsp3) is 0.412. The molecule has 1 aliphatic rings. The molecular weight excluding hydrogens is 262 g/mol. The van der Waals surface area contributed by atoms with Crippen LogP contribution in [-0.2, 0) is 0 Å². The highest BCUT2D eigenvalue weighted by molar-refractivity contribution is 5.35. The molecule has 1 aromatic heterocycles. The molecule has 2 heterocycles. The minimum Gasteiger partial charge on any atom is -0.481 e. The summed E-state index contributed by atoms with van der Waals surface area (Å²) in [5, 5.41) is 0. The smallest absolute Gasteiger partial charge is 0.228 e. The summed E-state index contributed by atoms with van der Waals surface area (Å²) in [4.78, 5) is 11.0. The first-order valence-corrected chi connectivity index (χ1v) is 7.45. The van der Waals surface area contributed by atoms with E-state index in [1.54, 1.807) is 19.4 Å². The van der Waals surface area contributed by atoms with Gasteiger partial charge in [-0.2, -0.15) is 4.98 Å². The van der Waals surface area contributed by atoms with Crippen LogP contribution in [0.25, 0.3) is 0 Å². The van der Waals surface area contributed by atoms with Gasteiger partial charge in [0.25, 0.3) is 0 Å². The van der Waals surface area contributed by atoms with E-state index in [2.05, 4.69) is 46.1 Å². The third kappa shape index (κ3) is 2.99. The Labute approximate surface area is 125 Å². The molecule has 0 aliphatic carbocycles. The van der Waals surface area contributed by atoms with E-state index in [-0.39, 0.29) is 0 Å². The maximum Gasteiger partial charge on any atom is 0.228 e. The van der Waals surface area contributed by atoms with Crippen LogP contribution >= 0.6 is 0 Å². The number of hydrogen-bond acceptors (Lipinski definition) is 4. The first kappa shape index (κ1) is 13.9. The molecule has 0 spiro atoms.